The predicted molar refractivity (Wildman–Crippen MR) is 144 cm³/mol. The van der Waals surface area contributed by atoms with E-state index in [-0.39, 0.29) is 12.3 Å². The molecule has 4 aromatic rings. The zero-order chi connectivity index (χ0) is 25.8. The summed E-state index contributed by atoms with van der Waals surface area (Å²) in [6.45, 7) is 0. The van der Waals surface area contributed by atoms with E-state index in [9.17, 15) is 14.7 Å². The van der Waals surface area contributed by atoms with Crippen LogP contribution in [0, 0.1) is 0 Å². The molecule has 1 aliphatic rings. The number of carboxylic acid groups (broad SMARTS) is 1. The zero-order valence-corrected chi connectivity index (χ0v) is 20.8. The van der Waals surface area contributed by atoms with Gasteiger partial charge in [-0.2, -0.15) is 0 Å². The summed E-state index contributed by atoms with van der Waals surface area (Å²) in [6.07, 6.45) is 5.17. The van der Waals surface area contributed by atoms with E-state index in [2.05, 4.69) is 10.3 Å². The second-order valence-electron chi connectivity index (χ2n) is 9.67. The molecule has 188 valence electrons. The number of amides is 1. The van der Waals surface area contributed by atoms with Crippen molar-refractivity contribution in [2.24, 2.45) is 0 Å². The smallest absolute Gasteiger partial charge is 0.326 e. The van der Waals surface area contributed by atoms with Crippen molar-refractivity contribution in [2.75, 3.05) is 7.11 Å². The number of carboxylic acids is 1. The Morgan fingerprint density at radius 1 is 1.00 bits per heavy atom. The van der Waals surface area contributed by atoms with Crippen LogP contribution >= 0.6 is 0 Å². The average Bonchev–Trinajstić information content (AvgIpc) is 3.44. The van der Waals surface area contributed by atoms with Gasteiger partial charge in [0.2, 0.25) is 5.91 Å². The van der Waals surface area contributed by atoms with Crippen LogP contribution in [-0.4, -0.2) is 35.1 Å². The fourth-order valence-electron chi connectivity index (χ4n) is 5.39. The fourth-order valence-corrected chi connectivity index (χ4v) is 5.39. The summed E-state index contributed by atoms with van der Waals surface area (Å²) in [5, 5.41) is 13.8. The lowest BCUT2D eigenvalue weighted by Gasteiger charge is -2.30. The normalized spacial score (nSPS) is 15.3. The number of ether oxygens (including phenoxy) is 1. The minimum atomic E-state index is -1.05. The Balaban J connectivity index is 1.36. The maximum atomic E-state index is 13.7. The molecule has 0 saturated heterocycles. The van der Waals surface area contributed by atoms with Gasteiger partial charge in [-0.05, 0) is 47.7 Å². The van der Waals surface area contributed by atoms with Gasteiger partial charge in [0.05, 0.1) is 18.0 Å². The number of nitrogens with one attached hydrogen (secondary N) is 1. The second kappa shape index (κ2) is 10.4. The van der Waals surface area contributed by atoms with E-state index >= 15 is 0 Å². The number of carbonyl (C=O) groups excluding carboxylic acids is 1. The molecule has 5 rings (SSSR count). The van der Waals surface area contributed by atoms with Crippen molar-refractivity contribution in [3.63, 3.8) is 0 Å². The highest BCUT2D eigenvalue weighted by Gasteiger charge is 2.44. The molecule has 3 aromatic carbocycles. The van der Waals surface area contributed by atoms with Gasteiger partial charge in [-0.15, -0.1) is 0 Å². The van der Waals surface area contributed by atoms with Gasteiger partial charge in [0.15, 0.2) is 0 Å². The van der Waals surface area contributed by atoms with Crippen molar-refractivity contribution in [1.82, 2.24) is 10.3 Å². The van der Waals surface area contributed by atoms with Crippen LogP contribution in [-0.2, 0) is 21.4 Å². The Morgan fingerprint density at radius 2 is 1.70 bits per heavy atom. The molecule has 37 heavy (non-hydrogen) atoms. The van der Waals surface area contributed by atoms with Crippen LogP contribution in [0.15, 0.2) is 85.1 Å². The van der Waals surface area contributed by atoms with Crippen molar-refractivity contribution >= 4 is 22.8 Å². The summed E-state index contributed by atoms with van der Waals surface area (Å²) in [5.41, 5.74) is 3.74. The number of aliphatic carboxylic acids is 1. The summed E-state index contributed by atoms with van der Waals surface area (Å²) < 4.78 is 5.46. The zero-order valence-electron chi connectivity index (χ0n) is 20.8. The van der Waals surface area contributed by atoms with Gasteiger partial charge in [-0.1, -0.05) is 73.5 Å². The number of rotatable bonds is 8. The average molecular weight is 495 g/mol. The summed E-state index contributed by atoms with van der Waals surface area (Å²) in [7, 11) is 1.64. The third-order valence-electron chi connectivity index (χ3n) is 7.45. The molecule has 1 aliphatic carbocycles. The molecular weight excluding hydrogens is 464 g/mol. The SMILES string of the molecule is COc1ccccc1-c1ccc(C[C@H](NC(=O)C2(c3cnc4ccccc4c3)CCCC2)C(=O)O)cc1. The standard InChI is InChI=1S/C31H30N2O4/c1-37-28-11-5-3-9-25(28)22-14-12-21(13-15-22)18-27(29(34)35)33-30(36)31(16-6-7-17-31)24-19-23-8-2-4-10-26(23)32-20-24/h2-5,8-15,19-20,27H,6-7,16-18H2,1H3,(H,33,36)(H,34,35)/t27-/m0/s1. The summed E-state index contributed by atoms with van der Waals surface area (Å²) in [6, 6.07) is 24.3. The summed E-state index contributed by atoms with van der Waals surface area (Å²) >= 11 is 0. The second-order valence-corrected chi connectivity index (χ2v) is 9.67. The molecule has 1 amide bonds. The van der Waals surface area contributed by atoms with E-state index in [1.54, 1.807) is 13.3 Å². The monoisotopic (exact) mass is 494 g/mol. The molecule has 1 heterocycles. The number of aromatic nitrogens is 1. The highest BCUT2D eigenvalue weighted by Crippen LogP contribution is 2.42. The molecule has 1 atom stereocenters. The summed E-state index contributed by atoms with van der Waals surface area (Å²) in [5.74, 6) is -0.511. The topological polar surface area (TPSA) is 88.5 Å². The molecule has 0 radical (unpaired) electrons. The van der Waals surface area contributed by atoms with Crippen LogP contribution in [0.25, 0.3) is 22.0 Å². The van der Waals surface area contributed by atoms with Gasteiger partial charge in [-0.25, -0.2) is 4.79 Å². The van der Waals surface area contributed by atoms with Gasteiger partial charge in [-0.3, -0.25) is 9.78 Å². The molecule has 2 N–H and O–H groups in total. The van der Waals surface area contributed by atoms with Gasteiger partial charge >= 0.3 is 5.97 Å². The van der Waals surface area contributed by atoms with Crippen LogP contribution in [0.4, 0.5) is 0 Å². The number of para-hydroxylation sites is 2. The lowest BCUT2D eigenvalue weighted by atomic mass is 9.78. The molecule has 1 saturated carbocycles. The van der Waals surface area contributed by atoms with Crippen molar-refractivity contribution < 1.29 is 19.4 Å². The van der Waals surface area contributed by atoms with Crippen molar-refractivity contribution in [3.05, 3.63) is 96.2 Å². The number of fused-ring (bicyclic) bond motifs is 1. The van der Waals surface area contributed by atoms with Gasteiger partial charge in [0.1, 0.15) is 11.8 Å². The minimum absolute atomic E-state index is 0.194. The molecule has 6 heteroatoms. The lowest BCUT2D eigenvalue weighted by molar-refractivity contribution is -0.142. The van der Waals surface area contributed by atoms with Crippen LogP contribution in [0.5, 0.6) is 5.75 Å². The highest BCUT2D eigenvalue weighted by atomic mass is 16.5. The Morgan fingerprint density at radius 3 is 2.43 bits per heavy atom. The number of nitrogens with zero attached hydrogens (tertiary/aromatic N) is 1. The van der Waals surface area contributed by atoms with E-state index in [0.717, 1.165) is 51.7 Å². The Kier molecular flexibility index (Phi) is 6.91. The van der Waals surface area contributed by atoms with E-state index in [1.807, 2.05) is 78.9 Å². The third-order valence-corrected chi connectivity index (χ3v) is 7.45. The van der Waals surface area contributed by atoms with Crippen LogP contribution in [0.1, 0.15) is 36.8 Å². The maximum absolute atomic E-state index is 13.7. The summed E-state index contributed by atoms with van der Waals surface area (Å²) in [4.78, 5) is 30.5. The van der Waals surface area contributed by atoms with E-state index in [4.69, 9.17) is 4.74 Å². The molecule has 0 unspecified atom stereocenters. The first-order valence-corrected chi connectivity index (χ1v) is 12.6. The molecule has 6 nitrogen and oxygen atoms in total. The van der Waals surface area contributed by atoms with Gasteiger partial charge < -0.3 is 15.2 Å². The van der Waals surface area contributed by atoms with E-state index in [0.29, 0.717) is 12.8 Å². The number of benzene rings is 3. The van der Waals surface area contributed by atoms with Crippen molar-refractivity contribution in [3.8, 4) is 16.9 Å². The molecular formula is C31H30N2O4. The Bertz CT molecular complexity index is 1420. The Labute approximate surface area is 216 Å². The first kappa shape index (κ1) is 24.5. The van der Waals surface area contributed by atoms with Crippen molar-refractivity contribution in [2.45, 2.75) is 43.6 Å². The number of carbonyl (C=O) groups is 2. The number of methoxy groups -OCH3 is 1. The molecule has 0 spiro atoms. The number of hydrogen-bond donors (Lipinski definition) is 2. The van der Waals surface area contributed by atoms with E-state index < -0.39 is 17.4 Å². The molecule has 0 bridgehead atoms. The first-order valence-electron chi connectivity index (χ1n) is 12.6. The van der Waals surface area contributed by atoms with Gasteiger partial charge in [0.25, 0.3) is 0 Å². The van der Waals surface area contributed by atoms with Crippen LogP contribution in [0.2, 0.25) is 0 Å². The quantitative estimate of drug-likeness (QED) is 0.336. The lowest BCUT2D eigenvalue weighted by Crippen LogP contribution is -2.50. The molecule has 0 aliphatic heterocycles. The van der Waals surface area contributed by atoms with Gasteiger partial charge in [0, 0.05) is 23.6 Å². The van der Waals surface area contributed by atoms with Crippen molar-refractivity contribution in [1.29, 1.82) is 0 Å². The van der Waals surface area contributed by atoms with Crippen LogP contribution < -0.4 is 10.1 Å². The van der Waals surface area contributed by atoms with E-state index in [1.165, 1.54) is 0 Å². The number of pyridine rings is 1. The predicted octanol–water partition coefficient (Wildman–Crippen LogP) is 5.53. The largest absolute Gasteiger partial charge is 0.496 e. The Hall–Kier alpha value is -4.19. The third kappa shape index (κ3) is 4.92. The fraction of sp³-hybridized carbons (Fsp3) is 0.258. The van der Waals surface area contributed by atoms with Crippen LogP contribution in [0.3, 0.4) is 0 Å². The first-order chi connectivity index (χ1) is 18.0. The molecule has 1 fully saturated rings. The highest BCUT2D eigenvalue weighted by molar-refractivity contribution is 5.93. The molecule has 1 aromatic heterocycles. The minimum Gasteiger partial charge on any atom is -0.496 e. The maximum Gasteiger partial charge on any atom is 0.326 e. The number of hydrogen-bond acceptors (Lipinski definition) is 4.